The molecule has 0 saturated carbocycles. The lowest BCUT2D eigenvalue weighted by molar-refractivity contribution is -0.139. The number of carbonyl (C=O) groups is 2. The molecule has 0 bridgehead atoms. The zero-order valence-electron chi connectivity index (χ0n) is 23.4. The minimum atomic E-state index is -5.08. The molecule has 232 valence electrons. The zero-order chi connectivity index (χ0) is 31.9. The van der Waals surface area contributed by atoms with Gasteiger partial charge in [0, 0.05) is 23.9 Å². The summed E-state index contributed by atoms with van der Waals surface area (Å²) in [5.74, 6) is -3.08. The van der Waals surface area contributed by atoms with Gasteiger partial charge in [-0.15, -0.1) is 0 Å². The van der Waals surface area contributed by atoms with Crippen LogP contribution in [0.5, 0.6) is 5.88 Å². The molecule has 0 aliphatic rings. The molecule has 0 radical (unpaired) electrons. The normalized spacial score (nSPS) is 11.6. The standard InChI is InChI=1S/C28H28BrF5N4O5/c1-27(2,3)43-26(40)35-9-10-42-14-15-11-16(30)5-6-20(15)36-22-13-18(28(32,33)34)19(31)12-17(22)25(39)37-21-7-8-23(41-4)38-24(21)29/h5-8,11-13,36H,9-10,14H2,1-4H3,(H,35,40)(H,37,39). The number of hydrogen-bond acceptors (Lipinski definition) is 7. The maximum Gasteiger partial charge on any atom is 0.419 e. The number of pyridine rings is 1. The van der Waals surface area contributed by atoms with E-state index in [-0.39, 0.29) is 47.2 Å². The predicted molar refractivity (Wildman–Crippen MR) is 151 cm³/mol. The number of methoxy groups -OCH3 is 1. The molecule has 3 rings (SSSR count). The van der Waals surface area contributed by atoms with Gasteiger partial charge in [0.1, 0.15) is 21.8 Å². The second-order valence-corrected chi connectivity index (χ2v) is 10.7. The van der Waals surface area contributed by atoms with E-state index in [1.54, 1.807) is 20.8 Å². The van der Waals surface area contributed by atoms with Crippen LogP contribution in [0.2, 0.25) is 0 Å². The number of halogens is 6. The number of benzene rings is 2. The van der Waals surface area contributed by atoms with Gasteiger partial charge in [0.15, 0.2) is 0 Å². The van der Waals surface area contributed by atoms with E-state index in [9.17, 15) is 31.5 Å². The van der Waals surface area contributed by atoms with Crippen LogP contribution in [-0.2, 0) is 22.3 Å². The summed E-state index contributed by atoms with van der Waals surface area (Å²) in [4.78, 5) is 29.0. The first-order valence-electron chi connectivity index (χ1n) is 12.6. The average Bonchev–Trinajstić information content (AvgIpc) is 2.89. The van der Waals surface area contributed by atoms with E-state index < -0.39 is 52.2 Å². The highest BCUT2D eigenvalue weighted by Gasteiger charge is 2.36. The summed E-state index contributed by atoms with van der Waals surface area (Å²) in [6.45, 7) is 4.91. The number of alkyl halides is 3. The van der Waals surface area contributed by atoms with Gasteiger partial charge in [-0.05, 0) is 73.1 Å². The van der Waals surface area contributed by atoms with Crippen LogP contribution in [0.25, 0.3) is 0 Å². The molecular weight excluding hydrogens is 647 g/mol. The third kappa shape index (κ3) is 9.78. The topological polar surface area (TPSA) is 111 Å². The first-order valence-corrected chi connectivity index (χ1v) is 13.4. The SMILES string of the molecule is COc1ccc(NC(=O)c2cc(F)c(C(F)(F)F)cc2Nc2ccc(F)cc2COCCNC(=O)OC(C)(C)C)c(Br)n1. The first-order chi connectivity index (χ1) is 20.1. The number of rotatable bonds is 10. The molecule has 0 fully saturated rings. The Balaban J connectivity index is 1.86. The smallest absolute Gasteiger partial charge is 0.419 e. The van der Waals surface area contributed by atoms with Gasteiger partial charge < -0.3 is 30.2 Å². The number of ether oxygens (including phenoxy) is 3. The molecule has 0 unspecified atom stereocenters. The second kappa shape index (κ2) is 14.0. The van der Waals surface area contributed by atoms with Crippen molar-refractivity contribution >= 4 is 45.0 Å². The first kappa shape index (κ1) is 33.5. The summed E-state index contributed by atoms with van der Waals surface area (Å²) < 4.78 is 85.2. The molecule has 0 spiro atoms. The van der Waals surface area contributed by atoms with Crippen molar-refractivity contribution in [2.75, 3.05) is 30.9 Å². The molecule has 9 nitrogen and oxygen atoms in total. The van der Waals surface area contributed by atoms with E-state index >= 15 is 0 Å². The molecule has 1 heterocycles. The molecule has 3 N–H and O–H groups in total. The van der Waals surface area contributed by atoms with Crippen molar-refractivity contribution in [2.45, 2.75) is 39.2 Å². The molecule has 0 atom stereocenters. The van der Waals surface area contributed by atoms with Crippen molar-refractivity contribution in [1.82, 2.24) is 10.3 Å². The number of nitrogens with one attached hydrogen (secondary N) is 3. The minimum absolute atomic E-state index is 0.0115. The van der Waals surface area contributed by atoms with E-state index in [4.69, 9.17) is 14.2 Å². The van der Waals surface area contributed by atoms with Crippen molar-refractivity contribution in [3.8, 4) is 5.88 Å². The Labute approximate surface area is 252 Å². The van der Waals surface area contributed by atoms with Crippen molar-refractivity contribution in [1.29, 1.82) is 0 Å². The third-order valence-electron chi connectivity index (χ3n) is 5.45. The summed E-state index contributed by atoms with van der Waals surface area (Å²) in [6.07, 6.45) is -5.74. The number of amides is 2. The molecular formula is C28H28BrF5N4O5. The second-order valence-electron chi connectivity index (χ2n) is 9.93. The number of hydrogen-bond donors (Lipinski definition) is 3. The third-order valence-corrected chi connectivity index (χ3v) is 6.05. The van der Waals surface area contributed by atoms with Crippen molar-refractivity contribution in [3.05, 3.63) is 75.4 Å². The van der Waals surface area contributed by atoms with Gasteiger partial charge in [-0.2, -0.15) is 13.2 Å². The zero-order valence-corrected chi connectivity index (χ0v) is 25.0. The van der Waals surface area contributed by atoms with Crippen LogP contribution in [0.4, 0.5) is 43.8 Å². The maximum atomic E-state index is 14.6. The van der Waals surface area contributed by atoms with Gasteiger partial charge in [-0.25, -0.2) is 18.6 Å². The van der Waals surface area contributed by atoms with Crippen LogP contribution in [0.15, 0.2) is 47.1 Å². The van der Waals surface area contributed by atoms with E-state index in [1.807, 2.05) is 0 Å². The van der Waals surface area contributed by atoms with E-state index in [0.717, 1.165) is 12.1 Å². The fourth-order valence-electron chi connectivity index (χ4n) is 3.57. The van der Waals surface area contributed by atoms with Gasteiger partial charge >= 0.3 is 12.3 Å². The molecule has 0 aliphatic heterocycles. The number of alkyl carbamates (subject to hydrolysis) is 1. The largest absolute Gasteiger partial charge is 0.481 e. The summed E-state index contributed by atoms with van der Waals surface area (Å²) in [7, 11) is 1.38. The average molecular weight is 675 g/mol. The molecule has 2 amide bonds. The van der Waals surface area contributed by atoms with Crippen LogP contribution in [0, 0.1) is 11.6 Å². The lowest BCUT2D eigenvalue weighted by Crippen LogP contribution is -2.34. The minimum Gasteiger partial charge on any atom is -0.481 e. The fourth-order valence-corrected chi connectivity index (χ4v) is 3.97. The Morgan fingerprint density at radius 3 is 2.30 bits per heavy atom. The Morgan fingerprint density at radius 2 is 1.67 bits per heavy atom. The van der Waals surface area contributed by atoms with Crippen LogP contribution < -0.4 is 20.7 Å². The van der Waals surface area contributed by atoms with Crippen molar-refractivity contribution in [2.24, 2.45) is 0 Å². The quantitative estimate of drug-likeness (QED) is 0.119. The molecule has 1 aromatic heterocycles. The predicted octanol–water partition coefficient (Wildman–Crippen LogP) is 7.19. The molecule has 2 aromatic carbocycles. The van der Waals surface area contributed by atoms with Gasteiger partial charge in [0.25, 0.3) is 5.91 Å². The highest BCUT2D eigenvalue weighted by Crippen LogP contribution is 2.37. The summed E-state index contributed by atoms with van der Waals surface area (Å²) in [5, 5.41) is 7.63. The molecule has 0 saturated heterocycles. The lowest BCUT2D eigenvalue weighted by atomic mass is 10.1. The number of nitrogens with zero attached hydrogens (tertiary/aromatic N) is 1. The number of aromatic nitrogens is 1. The van der Waals surface area contributed by atoms with Gasteiger partial charge in [-0.3, -0.25) is 4.79 Å². The van der Waals surface area contributed by atoms with E-state index in [1.165, 1.54) is 25.3 Å². The van der Waals surface area contributed by atoms with Crippen molar-refractivity contribution in [3.63, 3.8) is 0 Å². The summed E-state index contributed by atoms with van der Waals surface area (Å²) in [5.41, 5.74) is -2.82. The fraction of sp³-hybridized carbons (Fsp3) is 0.321. The van der Waals surface area contributed by atoms with Gasteiger partial charge in [-0.1, -0.05) is 0 Å². The Kier molecular flexibility index (Phi) is 10.9. The Hall–Kier alpha value is -3.98. The van der Waals surface area contributed by atoms with Gasteiger partial charge in [0.2, 0.25) is 5.88 Å². The van der Waals surface area contributed by atoms with E-state index in [2.05, 4.69) is 36.9 Å². The lowest BCUT2D eigenvalue weighted by Gasteiger charge is -2.20. The highest BCUT2D eigenvalue weighted by molar-refractivity contribution is 9.10. The van der Waals surface area contributed by atoms with Crippen LogP contribution in [-0.4, -0.2) is 42.8 Å². The van der Waals surface area contributed by atoms with Crippen molar-refractivity contribution < 1.29 is 45.8 Å². The van der Waals surface area contributed by atoms with Gasteiger partial charge in [0.05, 0.1) is 42.8 Å². The molecule has 0 aliphatic carbocycles. The molecule has 43 heavy (non-hydrogen) atoms. The summed E-state index contributed by atoms with van der Waals surface area (Å²) >= 11 is 3.16. The van der Waals surface area contributed by atoms with Crippen LogP contribution in [0.1, 0.15) is 42.3 Å². The maximum absolute atomic E-state index is 14.6. The molecule has 3 aromatic rings. The van der Waals surface area contributed by atoms with Crippen LogP contribution >= 0.6 is 15.9 Å². The van der Waals surface area contributed by atoms with E-state index in [0.29, 0.717) is 12.1 Å². The van der Waals surface area contributed by atoms with Crippen LogP contribution in [0.3, 0.4) is 0 Å². The summed E-state index contributed by atoms with van der Waals surface area (Å²) in [6, 6.07) is 7.11. The highest BCUT2D eigenvalue weighted by atomic mass is 79.9. The Morgan fingerprint density at radius 1 is 0.977 bits per heavy atom. The molecule has 15 heteroatoms. The monoisotopic (exact) mass is 674 g/mol. The number of anilines is 3. The number of carbonyl (C=O) groups excluding carboxylic acids is 2. The Bertz CT molecular complexity index is 1480.